The van der Waals surface area contributed by atoms with Gasteiger partial charge in [0.15, 0.2) is 0 Å². The number of rotatable bonds is 6. The Morgan fingerprint density at radius 2 is 2.05 bits per heavy atom. The predicted molar refractivity (Wildman–Crippen MR) is 82.3 cm³/mol. The van der Waals surface area contributed by atoms with Crippen LogP contribution in [0.15, 0.2) is 21.8 Å². The molecule has 0 saturated heterocycles. The molecule has 0 aliphatic carbocycles. The van der Waals surface area contributed by atoms with Gasteiger partial charge in [0, 0.05) is 19.3 Å². The van der Waals surface area contributed by atoms with E-state index >= 15 is 0 Å². The zero-order valence-corrected chi connectivity index (χ0v) is 14.6. The lowest BCUT2D eigenvalue weighted by molar-refractivity contribution is 0.569. The fraction of sp³-hybridized carbons (Fsp3) is 0.500. The van der Waals surface area contributed by atoms with Crippen molar-refractivity contribution >= 4 is 26.0 Å². The van der Waals surface area contributed by atoms with Gasteiger partial charge in [0.25, 0.3) is 0 Å². The van der Waals surface area contributed by atoms with E-state index in [4.69, 9.17) is 0 Å². The van der Waals surface area contributed by atoms with Crippen molar-refractivity contribution in [1.29, 1.82) is 0 Å². The van der Waals surface area contributed by atoms with Crippen LogP contribution in [-0.2, 0) is 29.7 Å². The first kappa shape index (κ1) is 16.2. The number of sulfonamides is 1. The van der Waals surface area contributed by atoms with Gasteiger partial charge in [-0.1, -0.05) is 0 Å². The Balaban J connectivity index is 2.21. The van der Waals surface area contributed by atoms with Gasteiger partial charge in [-0.2, -0.15) is 10.2 Å². The van der Waals surface area contributed by atoms with E-state index in [0.29, 0.717) is 18.8 Å². The van der Waals surface area contributed by atoms with Gasteiger partial charge in [0.2, 0.25) is 10.0 Å². The maximum Gasteiger partial charge on any atom is 0.244 e. The van der Waals surface area contributed by atoms with E-state index in [1.54, 1.807) is 28.7 Å². The summed E-state index contributed by atoms with van der Waals surface area (Å²) in [6.07, 6.45) is 3.21. The zero-order chi connectivity index (χ0) is 15.6. The maximum atomic E-state index is 12.4. The molecule has 0 spiro atoms. The summed E-state index contributed by atoms with van der Waals surface area (Å²) < 4.78 is 31.5. The van der Waals surface area contributed by atoms with Crippen LogP contribution in [0.3, 0.4) is 0 Å². The molecular weight excluding hydrogens is 358 g/mol. The summed E-state index contributed by atoms with van der Waals surface area (Å²) in [6, 6.07) is 0. The standard InChI is InChI=1S/C12H18BrN5O2S/c1-4-17-8-12(9(3)16-17)21(19,20)15-7-11-10(13)6-14-18(11)5-2/h6,8,15H,4-5,7H2,1-3H3. The van der Waals surface area contributed by atoms with E-state index in [9.17, 15) is 8.42 Å². The Bertz CT molecular complexity index is 735. The number of aromatic nitrogens is 4. The van der Waals surface area contributed by atoms with Gasteiger partial charge in [-0.05, 0) is 36.7 Å². The second-order valence-electron chi connectivity index (χ2n) is 4.51. The SMILES string of the molecule is CCn1cc(S(=O)(=O)NCc2c(Br)cnn2CC)c(C)n1. The van der Waals surface area contributed by atoms with E-state index < -0.39 is 10.0 Å². The largest absolute Gasteiger partial charge is 0.271 e. The minimum absolute atomic E-state index is 0.174. The van der Waals surface area contributed by atoms with Crippen LogP contribution >= 0.6 is 15.9 Å². The third-order valence-corrected chi connectivity index (χ3v) is 5.31. The van der Waals surface area contributed by atoms with E-state index in [1.807, 2.05) is 13.8 Å². The molecular formula is C12H18BrN5O2S. The Labute approximate surface area is 132 Å². The second-order valence-corrected chi connectivity index (χ2v) is 7.10. The van der Waals surface area contributed by atoms with Gasteiger partial charge in [-0.3, -0.25) is 9.36 Å². The average molecular weight is 376 g/mol. The molecule has 1 N–H and O–H groups in total. The van der Waals surface area contributed by atoms with Crippen molar-refractivity contribution in [3.05, 3.63) is 28.3 Å². The molecule has 0 fully saturated rings. The Kier molecular flexibility index (Phi) is 4.84. The quantitative estimate of drug-likeness (QED) is 0.832. The van der Waals surface area contributed by atoms with Crippen LogP contribution in [0.1, 0.15) is 25.2 Å². The molecule has 0 atom stereocenters. The van der Waals surface area contributed by atoms with Crippen LogP contribution in [-0.4, -0.2) is 28.0 Å². The van der Waals surface area contributed by atoms with E-state index in [-0.39, 0.29) is 11.4 Å². The van der Waals surface area contributed by atoms with Crippen molar-refractivity contribution in [2.24, 2.45) is 0 Å². The van der Waals surface area contributed by atoms with Gasteiger partial charge in [-0.25, -0.2) is 13.1 Å². The third kappa shape index (κ3) is 3.35. The van der Waals surface area contributed by atoms with E-state index in [0.717, 1.165) is 10.2 Å². The lowest BCUT2D eigenvalue weighted by Gasteiger charge is -2.08. The van der Waals surface area contributed by atoms with Crippen molar-refractivity contribution in [3.63, 3.8) is 0 Å². The van der Waals surface area contributed by atoms with Crippen molar-refractivity contribution < 1.29 is 8.42 Å². The van der Waals surface area contributed by atoms with E-state index in [1.165, 1.54) is 0 Å². The van der Waals surface area contributed by atoms with Crippen LogP contribution < -0.4 is 4.72 Å². The van der Waals surface area contributed by atoms with Crippen LogP contribution in [0.2, 0.25) is 0 Å². The first-order chi connectivity index (χ1) is 9.89. The van der Waals surface area contributed by atoms with Crippen LogP contribution in [0.25, 0.3) is 0 Å². The Morgan fingerprint density at radius 1 is 1.33 bits per heavy atom. The summed E-state index contributed by atoms with van der Waals surface area (Å²) in [6.45, 7) is 7.03. The minimum Gasteiger partial charge on any atom is -0.271 e. The van der Waals surface area contributed by atoms with Gasteiger partial charge in [0.05, 0.1) is 28.6 Å². The lowest BCUT2D eigenvalue weighted by Crippen LogP contribution is -2.25. The number of halogens is 1. The summed E-state index contributed by atoms with van der Waals surface area (Å²) >= 11 is 3.38. The molecule has 9 heteroatoms. The predicted octanol–water partition coefficient (Wildman–Crippen LogP) is 1.67. The summed E-state index contributed by atoms with van der Waals surface area (Å²) in [5, 5.41) is 8.32. The van der Waals surface area contributed by atoms with Crippen molar-refractivity contribution in [1.82, 2.24) is 24.3 Å². The second kappa shape index (κ2) is 6.29. The van der Waals surface area contributed by atoms with Gasteiger partial charge < -0.3 is 0 Å². The summed E-state index contributed by atoms with van der Waals surface area (Å²) in [7, 11) is -3.59. The molecule has 0 radical (unpaired) electrons. The lowest BCUT2D eigenvalue weighted by atomic mass is 10.4. The normalized spacial score (nSPS) is 12.0. The number of hydrogen-bond donors (Lipinski definition) is 1. The highest BCUT2D eigenvalue weighted by molar-refractivity contribution is 9.10. The molecule has 2 aromatic rings. The van der Waals surface area contributed by atoms with E-state index in [2.05, 4.69) is 30.8 Å². The van der Waals surface area contributed by atoms with Crippen molar-refractivity contribution in [3.8, 4) is 0 Å². The molecule has 0 aliphatic heterocycles. The fourth-order valence-corrected chi connectivity index (χ4v) is 3.61. The summed E-state index contributed by atoms with van der Waals surface area (Å²) in [4.78, 5) is 0.211. The number of aryl methyl sites for hydroxylation is 3. The van der Waals surface area contributed by atoms with Gasteiger partial charge in [0.1, 0.15) is 4.90 Å². The highest BCUT2D eigenvalue weighted by atomic mass is 79.9. The van der Waals surface area contributed by atoms with Gasteiger partial charge in [-0.15, -0.1) is 0 Å². The number of nitrogens with one attached hydrogen (secondary N) is 1. The Hall–Kier alpha value is -1.19. The van der Waals surface area contributed by atoms with Crippen LogP contribution in [0, 0.1) is 6.92 Å². The fourth-order valence-electron chi connectivity index (χ4n) is 2.00. The molecule has 0 bridgehead atoms. The third-order valence-electron chi connectivity index (χ3n) is 3.14. The molecule has 0 aliphatic rings. The summed E-state index contributed by atoms with van der Waals surface area (Å²) in [5.74, 6) is 0. The first-order valence-electron chi connectivity index (χ1n) is 6.63. The molecule has 116 valence electrons. The minimum atomic E-state index is -3.59. The molecule has 21 heavy (non-hydrogen) atoms. The molecule has 0 unspecified atom stereocenters. The zero-order valence-electron chi connectivity index (χ0n) is 12.2. The maximum absolute atomic E-state index is 12.4. The number of hydrogen-bond acceptors (Lipinski definition) is 4. The highest BCUT2D eigenvalue weighted by Crippen LogP contribution is 2.18. The Morgan fingerprint density at radius 3 is 2.62 bits per heavy atom. The van der Waals surface area contributed by atoms with Crippen LogP contribution in [0.4, 0.5) is 0 Å². The van der Waals surface area contributed by atoms with Crippen molar-refractivity contribution in [2.75, 3.05) is 0 Å². The molecule has 7 nitrogen and oxygen atoms in total. The first-order valence-corrected chi connectivity index (χ1v) is 8.90. The molecule has 2 rings (SSSR count). The number of nitrogens with zero attached hydrogens (tertiary/aromatic N) is 4. The molecule has 0 amide bonds. The van der Waals surface area contributed by atoms with Crippen molar-refractivity contribution in [2.45, 2.75) is 45.3 Å². The van der Waals surface area contributed by atoms with Gasteiger partial charge >= 0.3 is 0 Å². The molecule has 0 aromatic carbocycles. The molecule has 0 saturated carbocycles. The topological polar surface area (TPSA) is 81.8 Å². The monoisotopic (exact) mass is 375 g/mol. The summed E-state index contributed by atoms with van der Waals surface area (Å²) in [5.41, 5.74) is 1.29. The highest BCUT2D eigenvalue weighted by Gasteiger charge is 2.21. The molecule has 2 aromatic heterocycles. The smallest absolute Gasteiger partial charge is 0.244 e. The molecule has 2 heterocycles. The average Bonchev–Trinajstić information content (AvgIpc) is 3.00. The van der Waals surface area contributed by atoms with Crippen LogP contribution in [0.5, 0.6) is 0 Å².